The van der Waals surface area contributed by atoms with E-state index in [0.717, 1.165) is 27.7 Å². The molecule has 0 radical (unpaired) electrons. The number of para-hydroxylation sites is 1. The van der Waals surface area contributed by atoms with E-state index in [1.807, 2.05) is 86.6 Å². The molecule has 1 aromatic heterocycles. The largest absolute Gasteiger partial charge is 0.322 e. The summed E-state index contributed by atoms with van der Waals surface area (Å²) in [6.07, 6.45) is 0. The van der Waals surface area contributed by atoms with Gasteiger partial charge in [0, 0.05) is 22.3 Å². The molecule has 0 aliphatic carbocycles. The van der Waals surface area contributed by atoms with Gasteiger partial charge in [-0.3, -0.25) is 9.59 Å². The third-order valence-electron chi connectivity index (χ3n) is 5.01. The molecular formula is C25H22N2O2. The number of carbonyl (C=O) groups is 1. The topological polar surface area (TPSA) is 53.2 Å². The molecule has 0 unspecified atom stereocenters. The Bertz CT molecular complexity index is 1240. The molecule has 29 heavy (non-hydrogen) atoms. The SMILES string of the molecule is Cc1ccc(N(Cc2cc3ccccc3[nH]c2=O)C(=O)c2cccc(C)c2)cc1. The molecule has 4 aromatic rings. The summed E-state index contributed by atoms with van der Waals surface area (Å²) in [6, 6.07) is 24.8. The normalized spacial score (nSPS) is 10.8. The van der Waals surface area contributed by atoms with Crippen molar-refractivity contribution in [1.82, 2.24) is 4.98 Å². The number of fused-ring (bicyclic) bond motifs is 1. The Morgan fingerprint density at radius 1 is 0.862 bits per heavy atom. The number of aromatic nitrogens is 1. The standard InChI is InChI=1S/C25H22N2O2/c1-17-10-12-22(13-11-17)27(25(29)20-8-5-6-18(2)14-20)16-21-15-19-7-3-4-9-23(19)26-24(21)28/h3-15H,16H2,1-2H3,(H,26,28). The Kier molecular flexibility index (Phi) is 5.00. The molecule has 4 rings (SSSR count). The Labute approximate surface area is 169 Å². The lowest BCUT2D eigenvalue weighted by Crippen LogP contribution is -2.33. The molecule has 1 N–H and O–H groups in total. The van der Waals surface area contributed by atoms with Gasteiger partial charge in [0.15, 0.2) is 0 Å². The average molecular weight is 382 g/mol. The number of nitrogens with zero attached hydrogens (tertiary/aromatic N) is 1. The lowest BCUT2D eigenvalue weighted by molar-refractivity contribution is 0.0985. The van der Waals surface area contributed by atoms with Crippen molar-refractivity contribution in [2.75, 3.05) is 4.90 Å². The van der Waals surface area contributed by atoms with Crippen LogP contribution in [-0.4, -0.2) is 10.9 Å². The molecule has 0 saturated heterocycles. The molecular weight excluding hydrogens is 360 g/mol. The fourth-order valence-electron chi connectivity index (χ4n) is 3.42. The molecule has 3 aromatic carbocycles. The highest BCUT2D eigenvalue weighted by Gasteiger charge is 2.20. The van der Waals surface area contributed by atoms with Gasteiger partial charge >= 0.3 is 0 Å². The maximum Gasteiger partial charge on any atom is 0.258 e. The first-order valence-corrected chi connectivity index (χ1v) is 9.57. The predicted molar refractivity (Wildman–Crippen MR) is 117 cm³/mol. The minimum atomic E-state index is -0.183. The van der Waals surface area contributed by atoms with Crippen LogP contribution < -0.4 is 10.5 Å². The Morgan fingerprint density at radius 3 is 2.38 bits per heavy atom. The highest BCUT2D eigenvalue weighted by atomic mass is 16.2. The van der Waals surface area contributed by atoms with Crippen molar-refractivity contribution < 1.29 is 4.79 Å². The fraction of sp³-hybridized carbons (Fsp3) is 0.120. The van der Waals surface area contributed by atoms with Gasteiger partial charge in [-0.05, 0) is 55.6 Å². The summed E-state index contributed by atoms with van der Waals surface area (Å²) in [5, 5.41) is 0.939. The number of aryl methyl sites for hydroxylation is 2. The summed E-state index contributed by atoms with van der Waals surface area (Å²) in [5.41, 5.74) is 4.64. The molecule has 0 aliphatic heterocycles. The number of amides is 1. The second kappa shape index (κ2) is 7.76. The quantitative estimate of drug-likeness (QED) is 0.540. The summed E-state index contributed by atoms with van der Waals surface area (Å²) >= 11 is 0. The minimum Gasteiger partial charge on any atom is -0.322 e. The van der Waals surface area contributed by atoms with Gasteiger partial charge in [-0.2, -0.15) is 0 Å². The first-order valence-electron chi connectivity index (χ1n) is 9.57. The second-order valence-electron chi connectivity index (χ2n) is 7.31. The van der Waals surface area contributed by atoms with Crippen molar-refractivity contribution in [3.63, 3.8) is 0 Å². The van der Waals surface area contributed by atoms with Crippen molar-refractivity contribution in [3.05, 3.63) is 111 Å². The minimum absolute atomic E-state index is 0.134. The van der Waals surface area contributed by atoms with Crippen LogP contribution in [0.15, 0.2) is 83.7 Å². The van der Waals surface area contributed by atoms with Gasteiger partial charge in [-0.1, -0.05) is 53.6 Å². The zero-order chi connectivity index (χ0) is 20.4. The summed E-state index contributed by atoms with van der Waals surface area (Å²) in [6.45, 7) is 4.15. The number of H-pyrrole nitrogens is 1. The first kappa shape index (κ1) is 18.7. The van der Waals surface area contributed by atoms with Crippen LogP contribution in [0.25, 0.3) is 10.9 Å². The predicted octanol–water partition coefficient (Wildman–Crippen LogP) is 4.99. The number of benzene rings is 3. The van der Waals surface area contributed by atoms with Crippen LogP contribution in [0, 0.1) is 13.8 Å². The van der Waals surface area contributed by atoms with Crippen LogP contribution in [-0.2, 0) is 6.54 Å². The molecule has 0 aliphatic rings. The van der Waals surface area contributed by atoms with Gasteiger partial charge in [-0.25, -0.2) is 0 Å². The van der Waals surface area contributed by atoms with E-state index in [1.165, 1.54) is 0 Å². The van der Waals surface area contributed by atoms with Crippen LogP contribution in [0.2, 0.25) is 0 Å². The van der Waals surface area contributed by atoms with Gasteiger partial charge in [0.1, 0.15) is 0 Å². The molecule has 0 fully saturated rings. The number of hydrogen-bond donors (Lipinski definition) is 1. The van der Waals surface area contributed by atoms with E-state index in [-0.39, 0.29) is 18.0 Å². The lowest BCUT2D eigenvalue weighted by atomic mass is 10.1. The van der Waals surface area contributed by atoms with E-state index in [9.17, 15) is 9.59 Å². The van der Waals surface area contributed by atoms with Crippen molar-refractivity contribution in [1.29, 1.82) is 0 Å². The van der Waals surface area contributed by atoms with Crippen LogP contribution in [0.5, 0.6) is 0 Å². The highest BCUT2D eigenvalue weighted by Crippen LogP contribution is 2.21. The number of hydrogen-bond acceptors (Lipinski definition) is 2. The van der Waals surface area contributed by atoms with Crippen molar-refractivity contribution in [2.45, 2.75) is 20.4 Å². The van der Waals surface area contributed by atoms with Crippen molar-refractivity contribution >= 4 is 22.5 Å². The maximum atomic E-state index is 13.4. The smallest absolute Gasteiger partial charge is 0.258 e. The summed E-state index contributed by atoms with van der Waals surface area (Å²) < 4.78 is 0. The Hall–Kier alpha value is -3.66. The lowest BCUT2D eigenvalue weighted by Gasteiger charge is -2.23. The molecule has 0 saturated carbocycles. The Balaban J connectivity index is 1.78. The number of nitrogens with one attached hydrogen (secondary N) is 1. The molecule has 0 bridgehead atoms. The van der Waals surface area contributed by atoms with Crippen LogP contribution in [0.1, 0.15) is 27.0 Å². The molecule has 144 valence electrons. The van der Waals surface area contributed by atoms with E-state index in [1.54, 1.807) is 11.0 Å². The number of pyridine rings is 1. The Morgan fingerprint density at radius 2 is 1.62 bits per heavy atom. The summed E-state index contributed by atoms with van der Waals surface area (Å²) in [5.74, 6) is -0.134. The second-order valence-corrected chi connectivity index (χ2v) is 7.31. The number of carbonyl (C=O) groups excluding carboxylic acids is 1. The van der Waals surface area contributed by atoms with Gasteiger partial charge in [0.25, 0.3) is 11.5 Å². The number of aromatic amines is 1. The van der Waals surface area contributed by atoms with E-state index in [0.29, 0.717) is 11.1 Å². The summed E-state index contributed by atoms with van der Waals surface area (Å²) in [4.78, 5) is 30.6. The van der Waals surface area contributed by atoms with Gasteiger partial charge in [-0.15, -0.1) is 0 Å². The van der Waals surface area contributed by atoms with Crippen molar-refractivity contribution in [3.8, 4) is 0 Å². The van der Waals surface area contributed by atoms with Crippen LogP contribution in [0.3, 0.4) is 0 Å². The maximum absolute atomic E-state index is 13.4. The van der Waals surface area contributed by atoms with E-state index < -0.39 is 0 Å². The van der Waals surface area contributed by atoms with E-state index in [4.69, 9.17) is 0 Å². The highest BCUT2D eigenvalue weighted by molar-refractivity contribution is 6.06. The molecule has 0 atom stereocenters. The molecule has 0 spiro atoms. The van der Waals surface area contributed by atoms with E-state index >= 15 is 0 Å². The van der Waals surface area contributed by atoms with Gasteiger partial charge in [0.2, 0.25) is 0 Å². The van der Waals surface area contributed by atoms with Crippen LogP contribution in [0.4, 0.5) is 5.69 Å². The molecule has 1 heterocycles. The van der Waals surface area contributed by atoms with Gasteiger partial charge < -0.3 is 9.88 Å². The third kappa shape index (κ3) is 3.97. The zero-order valence-electron chi connectivity index (χ0n) is 16.5. The summed E-state index contributed by atoms with van der Waals surface area (Å²) in [7, 11) is 0. The first-order chi connectivity index (χ1) is 14.0. The van der Waals surface area contributed by atoms with Gasteiger partial charge in [0.05, 0.1) is 6.54 Å². The monoisotopic (exact) mass is 382 g/mol. The fourth-order valence-corrected chi connectivity index (χ4v) is 3.42. The number of anilines is 1. The molecule has 4 nitrogen and oxygen atoms in total. The van der Waals surface area contributed by atoms with Crippen LogP contribution >= 0.6 is 0 Å². The zero-order valence-corrected chi connectivity index (χ0v) is 16.5. The molecule has 4 heteroatoms. The average Bonchev–Trinajstić information content (AvgIpc) is 2.72. The third-order valence-corrected chi connectivity index (χ3v) is 5.01. The molecule has 1 amide bonds. The van der Waals surface area contributed by atoms with E-state index in [2.05, 4.69) is 4.98 Å². The van der Waals surface area contributed by atoms with Crippen molar-refractivity contribution in [2.24, 2.45) is 0 Å². The number of rotatable bonds is 4.